The molecule has 0 aliphatic rings. The second-order valence-electron chi connectivity index (χ2n) is 2.54. The molecule has 88 valence electrons. The van der Waals surface area contributed by atoms with Gasteiger partial charge in [0, 0.05) is 0 Å². The van der Waals surface area contributed by atoms with Gasteiger partial charge in [-0.05, 0) is 0 Å². The third-order valence-corrected chi connectivity index (χ3v) is 1.43. The van der Waals surface area contributed by atoms with Crippen LogP contribution in [-0.4, -0.2) is 22.7 Å². The van der Waals surface area contributed by atoms with Gasteiger partial charge in [-0.3, -0.25) is 10.1 Å². The monoisotopic (exact) mass is 240 g/mol. The predicted octanol–water partition coefficient (Wildman–Crippen LogP) is 2.07. The number of nitrogens with zero attached hydrogens (tertiary/aromatic N) is 2. The summed E-state index contributed by atoms with van der Waals surface area (Å²) >= 11 is 0. The normalized spacial score (nSPS) is 12.6. The first kappa shape index (κ1) is 12.1. The van der Waals surface area contributed by atoms with Crippen molar-refractivity contribution in [3.05, 3.63) is 28.2 Å². The van der Waals surface area contributed by atoms with Crippen LogP contribution in [0.3, 0.4) is 0 Å². The van der Waals surface area contributed by atoms with Crippen molar-refractivity contribution in [3.8, 4) is 5.88 Å². The molecule has 0 radical (unpaired) electrons. The Morgan fingerprint density at radius 2 is 2.06 bits per heavy atom. The number of hydrogen-bond donors (Lipinski definition) is 0. The van der Waals surface area contributed by atoms with Crippen LogP contribution in [0.1, 0.15) is 0 Å². The van der Waals surface area contributed by atoms with Crippen molar-refractivity contribution in [1.29, 1.82) is 0 Å². The number of aromatic nitrogens is 1. The Hall–Kier alpha value is -1.93. The van der Waals surface area contributed by atoms with Gasteiger partial charge in [0.1, 0.15) is 6.20 Å². The molecule has 5 nitrogen and oxygen atoms in total. The molecule has 1 atom stereocenters. The molecule has 0 aliphatic carbocycles. The third-order valence-electron chi connectivity index (χ3n) is 1.43. The van der Waals surface area contributed by atoms with Gasteiger partial charge in [0.05, 0.1) is 11.0 Å². The molecule has 0 saturated carbocycles. The van der Waals surface area contributed by atoms with E-state index in [2.05, 4.69) is 9.72 Å². The first-order valence-electron chi connectivity index (χ1n) is 3.80. The topological polar surface area (TPSA) is 65.3 Å². The van der Waals surface area contributed by atoms with Crippen LogP contribution in [0, 0.1) is 15.9 Å². The number of hydrogen-bond acceptors (Lipinski definition) is 4. The molecule has 1 heterocycles. The second kappa shape index (κ2) is 4.73. The van der Waals surface area contributed by atoms with Crippen LogP contribution in [0.5, 0.6) is 5.88 Å². The molecule has 1 rings (SSSR count). The molecule has 0 bridgehead atoms. The highest BCUT2D eigenvalue weighted by Gasteiger charge is 2.24. The Kier molecular flexibility index (Phi) is 3.59. The average Bonchev–Trinajstić information content (AvgIpc) is 2.20. The van der Waals surface area contributed by atoms with Gasteiger partial charge in [0.25, 0.3) is 17.9 Å². The molecule has 1 aromatic heterocycles. The minimum atomic E-state index is -3.46. The maximum Gasteiger partial charge on any atom is 0.304 e. The van der Waals surface area contributed by atoms with Crippen LogP contribution in [-0.2, 0) is 0 Å². The molecule has 1 unspecified atom stereocenters. The largest absolute Gasteiger partial charge is 0.435 e. The van der Waals surface area contributed by atoms with E-state index in [9.17, 15) is 27.7 Å². The van der Waals surface area contributed by atoms with Crippen LogP contribution >= 0.6 is 0 Å². The van der Waals surface area contributed by atoms with Gasteiger partial charge in [-0.25, -0.2) is 18.2 Å². The smallest absolute Gasteiger partial charge is 0.304 e. The quantitative estimate of drug-likeness (QED) is 0.459. The zero-order chi connectivity index (χ0) is 12.3. The molecular weight excluding hydrogens is 236 g/mol. The summed E-state index contributed by atoms with van der Waals surface area (Å²) < 4.78 is 52.5. The van der Waals surface area contributed by atoms with Crippen LogP contribution < -0.4 is 4.74 Å². The Morgan fingerprint density at radius 1 is 1.44 bits per heavy atom. The number of halogens is 4. The third kappa shape index (κ3) is 2.78. The van der Waals surface area contributed by atoms with E-state index in [-0.39, 0.29) is 0 Å². The van der Waals surface area contributed by atoms with Gasteiger partial charge in [-0.1, -0.05) is 0 Å². The van der Waals surface area contributed by atoms with Crippen LogP contribution in [0.15, 0.2) is 12.3 Å². The molecule has 0 spiro atoms. The van der Waals surface area contributed by atoms with Crippen LogP contribution in [0.2, 0.25) is 0 Å². The van der Waals surface area contributed by atoms with Gasteiger partial charge in [0.2, 0.25) is 0 Å². The van der Waals surface area contributed by atoms with E-state index in [0.29, 0.717) is 12.3 Å². The Balaban J connectivity index is 2.87. The highest BCUT2D eigenvalue weighted by Crippen LogP contribution is 2.21. The van der Waals surface area contributed by atoms with Crippen molar-refractivity contribution in [1.82, 2.24) is 4.98 Å². The fraction of sp³-hybridized carbons (Fsp3) is 0.286. The van der Waals surface area contributed by atoms with Crippen molar-refractivity contribution < 1.29 is 27.2 Å². The molecule has 16 heavy (non-hydrogen) atoms. The van der Waals surface area contributed by atoms with Gasteiger partial charge >= 0.3 is 6.43 Å². The lowest BCUT2D eigenvalue weighted by Crippen LogP contribution is -2.20. The minimum Gasteiger partial charge on any atom is -0.435 e. The summed E-state index contributed by atoms with van der Waals surface area (Å²) in [4.78, 5) is 12.2. The lowest BCUT2D eigenvalue weighted by Gasteiger charge is -2.09. The van der Waals surface area contributed by atoms with Crippen molar-refractivity contribution >= 4 is 5.69 Å². The van der Waals surface area contributed by atoms with E-state index in [1.54, 1.807) is 0 Å². The molecule has 0 aliphatic heterocycles. The highest BCUT2D eigenvalue weighted by atomic mass is 19.3. The number of alkyl halides is 3. The number of rotatable bonds is 4. The summed E-state index contributed by atoms with van der Waals surface area (Å²) in [5.74, 6) is -2.45. The summed E-state index contributed by atoms with van der Waals surface area (Å²) in [6.07, 6.45) is -5.93. The average molecular weight is 240 g/mol. The molecule has 0 fully saturated rings. The molecule has 9 heteroatoms. The summed E-state index contributed by atoms with van der Waals surface area (Å²) in [7, 11) is 0. The molecule has 1 aromatic rings. The fourth-order valence-corrected chi connectivity index (χ4v) is 0.760. The van der Waals surface area contributed by atoms with Gasteiger partial charge in [-0.2, -0.15) is 4.39 Å². The molecular formula is C7H4F4N2O3. The van der Waals surface area contributed by atoms with Gasteiger partial charge in [0.15, 0.2) is 5.82 Å². The second-order valence-corrected chi connectivity index (χ2v) is 2.54. The van der Waals surface area contributed by atoms with Crippen LogP contribution in [0.25, 0.3) is 0 Å². The molecule has 0 amide bonds. The number of ether oxygens (including phenoxy) is 1. The fourth-order valence-electron chi connectivity index (χ4n) is 0.760. The first-order chi connectivity index (χ1) is 7.41. The molecule has 0 N–H and O–H groups in total. The van der Waals surface area contributed by atoms with Gasteiger partial charge in [-0.15, -0.1) is 0 Å². The minimum absolute atomic E-state index is 0.389. The van der Waals surface area contributed by atoms with E-state index in [1.807, 2.05) is 0 Å². The van der Waals surface area contributed by atoms with Crippen LogP contribution in [0.4, 0.5) is 23.2 Å². The SMILES string of the molecule is O=[N+]([O-])c1cnc(OC(F)C(F)F)c(F)c1. The Morgan fingerprint density at radius 3 is 2.50 bits per heavy atom. The summed E-state index contributed by atoms with van der Waals surface area (Å²) in [6.45, 7) is 0. The maximum absolute atomic E-state index is 12.9. The first-order valence-corrected chi connectivity index (χ1v) is 3.80. The van der Waals surface area contributed by atoms with Crippen molar-refractivity contribution in [2.75, 3.05) is 0 Å². The molecule has 0 saturated heterocycles. The zero-order valence-electron chi connectivity index (χ0n) is 7.44. The number of pyridine rings is 1. The Labute approximate surface area is 85.8 Å². The highest BCUT2D eigenvalue weighted by molar-refractivity contribution is 5.30. The van der Waals surface area contributed by atoms with Crippen molar-refractivity contribution in [2.24, 2.45) is 0 Å². The number of nitro groups is 1. The molecule has 0 aromatic carbocycles. The van der Waals surface area contributed by atoms with Gasteiger partial charge < -0.3 is 4.74 Å². The van der Waals surface area contributed by atoms with E-state index >= 15 is 0 Å². The van der Waals surface area contributed by atoms with E-state index in [0.717, 1.165) is 0 Å². The van der Waals surface area contributed by atoms with E-state index < -0.39 is 35.1 Å². The zero-order valence-corrected chi connectivity index (χ0v) is 7.44. The van der Waals surface area contributed by atoms with Crippen molar-refractivity contribution in [2.45, 2.75) is 12.8 Å². The van der Waals surface area contributed by atoms with E-state index in [1.165, 1.54) is 0 Å². The lowest BCUT2D eigenvalue weighted by atomic mass is 10.4. The standard InChI is InChI=1S/C7H4F4N2O3/c8-4-1-3(13(14)15)2-12-7(4)16-6(11)5(9)10/h1-2,5-6H. The summed E-state index contributed by atoms with van der Waals surface area (Å²) in [5.41, 5.74) is -0.697. The Bertz CT molecular complexity index is 401. The lowest BCUT2D eigenvalue weighted by molar-refractivity contribution is -0.385. The van der Waals surface area contributed by atoms with Crippen molar-refractivity contribution in [3.63, 3.8) is 0 Å². The van der Waals surface area contributed by atoms with E-state index in [4.69, 9.17) is 0 Å². The maximum atomic E-state index is 12.9. The predicted molar refractivity (Wildman–Crippen MR) is 42.4 cm³/mol. The summed E-state index contributed by atoms with van der Waals surface area (Å²) in [6, 6.07) is 0.389. The summed E-state index contributed by atoms with van der Waals surface area (Å²) in [5, 5.41) is 10.2.